The van der Waals surface area contributed by atoms with Crippen LogP contribution < -0.4 is 5.32 Å². The van der Waals surface area contributed by atoms with Crippen molar-refractivity contribution in [2.45, 2.75) is 33.4 Å². The lowest BCUT2D eigenvalue weighted by atomic mass is 9.94. The van der Waals surface area contributed by atoms with Gasteiger partial charge in [-0.3, -0.25) is 0 Å². The number of hydrogen-bond acceptors (Lipinski definition) is 4. The number of nitrogens with one attached hydrogen (secondary N) is 1. The van der Waals surface area contributed by atoms with Crippen LogP contribution in [0.2, 0.25) is 0 Å². The Hall–Kier alpha value is -3.84. The highest BCUT2D eigenvalue weighted by Crippen LogP contribution is 2.38. The molecule has 0 saturated carbocycles. The van der Waals surface area contributed by atoms with E-state index < -0.39 is 0 Å². The van der Waals surface area contributed by atoms with E-state index in [1.54, 1.807) is 12.1 Å². The first-order valence-corrected chi connectivity index (χ1v) is 11.8. The Morgan fingerprint density at radius 3 is 2.51 bits per heavy atom. The zero-order chi connectivity index (χ0) is 24.5. The molecule has 5 nitrogen and oxygen atoms in total. The van der Waals surface area contributed by atoms with Crippen molar-refractivity contribution < 1.29 is 8.91 Å². The molecule has 0 amide bonds. The van der Waals surface area contributed by atoms with Crippen LogP contribution in [0.3, 0.4) is 0 Å². The second kappa shape index (κ2) is 9.43. The van der Waals surface area contributed by atoms with Crippen LogP contribution in [0.4, 0.5) is 4.39 Å². The minimum Gasteiger partial charge on any atom is -0.351 e. The highest BCUT2D eigenvalue weighted by atomic mass is 32.1. The number of nitrogens with zero attached hydrogens (tertiary/aromatic N) is 3. The van der Waals surface area contributed by atoms with Gasteiger partial charge in [0.05, 0.1) is 18.2 Å². The molecular formula is C28H25FN4OS. The number of hydrogen-bond donors (Lipinski definition) is 1. The van der Waals surface area contributed by atoms with E-state index in [1.165, 1.54) is 28.8 Å². The van der Waals surface area contributed by atoms with Gasteiger partial charge in [0.25, 0.3) is 5.89 Å². The number of aromatic nitrogens is 2. The third kappa shape index (κ3) is 4.59. The number of thiocarbonyl (C=S) groups is 1. The van der Waals surface area contributed by atoms with Crippen molar-refractivity contribution in [1.82, 2.24) is 20.4 Å². The Bertz CT molecular complexity index is 1430. The SMILES string of the molecule is CC1=C(c2nc(-c3cccc(F)c3)no2)C(c2ccc(C)cc2)NC(=S)N1Cc1ccccc1C. The highest BCUT2D eigenvalue weighted by Gasteiger charge is 2.34. The maximum Gasteiger partial charge on any atom is 0.258 e. The molecular weight excluding hydrogens is 459 g/mol. The number of halogens is 1. The summed E-state index contributed by atoms with van der Waals surface area (Å²) in [7, 11) is 0. The molecule has 1 unspecified atom stereocenters. The molecule has 7 heteroatoms. The summed E-state index contributed by atoms with van der Waals surface area (Å²) < 4.78 is 19.6. The van der Waals surface area contributed by atoms with Crippen molar-refractivity contribution in [3.63, 3.8) is 0 Å². The molecule has 1 N–H and O–H groups in total. The minimum atomic E-state index is -0.351. The zero-order valence-corrected chi connectivity index (χ0v) is 20.6. The topological polar surface area (TPSA) is 54.2 Å². The lowest BCUT2D eigenvalue weighted by molar-refractivity contribution is 0.396. The van der Waals surface area contributed by atoms with Gasteiger partial charge in [-0.05, 0) is 61.8 Å². The predicted octanol–water partition coefficient (Wildman–Crippen LogP) is 6.36. The molecule has 3 aromatic carbocycles. The zero-order valence-electron chi connectivity index (χ0n) is 19.7. The fourth-order valence-corrected chi connectivity index (χ4v) is 4.61. The normalized spacial score (nSPS) is 15.9. The van der Waals surface area contributed by atoms with Gasteiger partial charge in [-0.15, -0.1) is 0 Å². The lowest BCUT2D eigenvalue weighted by Crippen LogP contribution is -2.45. The first-order valence-electron chi connectivity index (χ1n) is 11.4. The van der Waals surface area contributed by atoms with E-state index in [1.807, 2.05) is 19.1 Å². The van der Waals surface area contributed by atoms with Gasteiger partial charge in [0.15, 0.2) is 5.11 Å². The third-order valence-corrected chi connectivity index (χ3v) is 6.67. The first-order chi connectivity index (χ1) is 16.9. The van der Waals surface area contributed by atoms with Crippen molar-refractivity contribution >= 4 is 22.9 Å². The molecule has 0 aliphatic carbocycles. The van der Waals surface area contributed by atoms with E-state index in [2.05, 4.69) is 70.6 Å². The fourth-order valence-electron chi connectivity index (χ4n) is 4.29. The summed E-state index contributed by atoms with van der Waals surface area (Å²) >= 11 is 5.82. The Kier molecular flexibility index (Phi) is 6.17. The summed E-state index contributed by atoms with van der Waals surface area (Å²) in [5.41, 5.74) is 6.89. The van der Waals surface area contributed by atoms with Crippen molar-refractivity contribution in [3.8, 4) is 11.4 Å². The molecule has 1 aromatic heterocycles. The van der Waals surface area contributed by atoms with E-state index in [0.717, 1.165) is 16.8 Å². The summed E-state index contributed by atoms with van der Waals surface area (Å²) in [5.74, 6) is 0.356. The Morgan fingerprint density at radius 1 is 1.00 bits per heavy atom. The number of benzene rings is 3. The van der Waals surface area contributed by atoms with Crippen LogP contribution in [0.1, 0.15) is 41.1 Å². The average Bonchev–Trinajstić information content (AvgIpc) is 3.33. The molecule has 0 fully saturated rings. The smallest absolute Gasteiger partial charge is 0.258 e. The summed E-state index contributed by atoms with van der Waals surface area (Å²) in [4.78, 5) is 6.72. The number of rotatable bonds is 5. The van der Waals surface area contributed by atoms with Crippen LogP contribution in [0.5, 0.6) is 0 Å². The van der Waals surface area contributed by atoms with Gasteiger partial charge in [-0.25, -0.2) is 4.39 Å². The molecule has 1 aliphatic rings. The molecule has 1 aliphatic heterocycles. The quantitative estimate of drug-likeness (QED) is 0.333. The minimum absolute atomic E-state index is 0.267. The Morgan fingerprint density at radius 2 is 1.77 bits per heavy atom. The van der Waals surface area contributed by atoms with Crippen molar-refractivity contribution in [2.24, 2.45) is 0 Å². The molecule has 4 aromatic rings. The van der Waals surface area contributed by atoms with Crippen molar-refractivity contribution in [1.29, 1.82) is 0 Å². The number of allylic oxidation sites excluding steroid dienone is 1. The Labute approximate surface area is 209 Å². The monoisotopic (exact) mass is 484 g/mol. The van der Waals surface area contributed by atoms with Crippen LogP contribution in [-0.2, 0) is 6.54 Å². The largest absolute Gasteiger partial charge is 0.351 e. The molecule has 176 valence electrons. The average molecular weight is 485 g/mol. The van der Waals surface area contributed by atoms with Gasteiger partial charge in [-0.1, -0.05) is 71.4 Å². The molecule has 1 atom stereocenters. The van der Waals surface area contributed by atoms with Gasteiger partial charge >= 0.3 is 0 Å². The molecule has 5 rings (SSSR count). The summed E-state index contributed by atoms with van der Waals surface area (Å²) in [6, 6.07) is 22.4. The van der Waals surface area contributed by atoms with Gasteiger partial charge < -0.3 is 14.7 Å². The van der Waals surface area contributed by atoms with E-state index >= 15 is 0 Å². The van der Waals surface area contributed by atoms with Gasteiger partial charge in [0, 0.05) is 11.3 Å². The Balaban J connectivity index is 1.61. The van der Waals surface area contributed by atoms with Gasteiger partial charge in [0.2, 0.25) is 5.82 Å². The maximum atomic E-state index is 13.8. The van der Waals surface area contributed by atoms with Crippen LogP contribution in [0.25, 0.3) is 17.0 Å². The van der Waals surface area contributed by atoms with Crippen LogP contribution in [0, 0.1) is 19.7 Å². The maximum absolute atomic E-state index is 13.8. The molecule has 0 spiro atoms. The summed E-state index contributed by atoms with van der Waals surface area (Å²) in [6.07, 6.45) is 0. The molecule has 2 heterocycles. The van der Waals surface area contributed by atoms with Gasteiger partial charge in [0.1, 0.15) is 5.82 Å². The lowest BCUT2D eigenvalue weighted by Gasteiger charge is -2.37. The first kappa shape index (κ1) is 22.9. The number of aryl methyl sites for hydroxylation is 2. The van der Waals surface area contributed by atoms with Crippen LogP contribution in [0.15, 0.2) is 83.0 Å². The molecule has 0 bridgehead atoms. The molecule has 0 saturated heterocycles. The fraction of sp³-hybridized carbons (Fsp3) is 0.179. The van der Waals surface area contributed by atoms with E-state index in [9.17, 15) is 4.39 Å². The summed E-state index contributed by atoms with van der Waals surface area (Å²) in [5, 5.41) is 8.28. The van der Waals surface area contributed by atoms with Gasteiger partial charge in [-0.2, -0.15) is 4.98 Å². The second-order valence-corrected chi connectivity index (χ2v) is 9.13. The van der Waals surface area contributed by atoms with Crippen LogP contribution >= 0.6 is 12.2 Å². The highest BCUT2D eigenvalue weighted by molar-refractivity contribution is 7.80. The molecule has 0 radical (unpaired) electrons. The standard InChI is InChI=1S/C28H25FN4OS/c1-17-11-13-20(14-12-17)25-24(27-31-26(32-34-27)21-9-6-10-23(29)15-21)19(3)33(28(35)30-25)16-22-8-5-4-7-18(22)2/h4-15,25H,16H2,1-3H3,(H,30,35). The summed E-state index contributed by atoms with van der Waals surface area (Å²) in [6.45, 7) is 6.78. The van der Waals surface area contributed by atoms with Crippen molar-refractivity contribution in [3.05, 3.63) is 112 Å². The molecule has 35 heavy (non-hydrogen) atoms. The predicted molar refractivity (Wildman–Crippen MR) is 139 cm³/mol. The van der Waals surface area contributed by atoms with E-state index in [-0.39, 0.29) is 11.9 Å². The van der Waals surface area contributed by atoms with Crippen molar-refractivity contribution in [2.75, 3.05) is 0 Å². The second-order valence-electron chi connectivity index (χ2n) is 8.74. The third-order valence-electron chi connectivity index (χ3n) is 6.34. The van der Waals surface area contributed by atoms with E-state index in [4.69, 9.17) is 16.7 Å². The van der Waals surface area contributed by atoms with E-state index in [0.29, 0.717) is 28.9 Å². The van der Waals surface area contributed by atoms with Crippen LogP contribution in [-0.4, -0.2) is 20.2 Å².